The van der Waals surface area contributed by atoms with Crippen molar-refractivity contribution in [2.24, 2.45) is 0 Å². The normalized spacial score (nSPS) is 17.3. The van der Waals surface area contributed by atoms with Gasteiger partial charge in [-0.15, -0.1) is 0 Å². The van der Waals surface area contributed by atoms with Crippen LogP contribution in [0.2, 0.25) is 5.02 Å². The van der Waals surface area contributed by atoms with Gasteiger partial charge in [0.2, 0.25) is 0 Å². The zero-order chi connectivity index (χ0) is 18.8. The van der Waals surface area contributed by atoms with Crippen LogP contribution in [0.25, 0.3) is 22.6 Å². The van der Waals surface area contributed by atoms with E-state index in [2.05, 4.69) is 14.9 Å². The second kappa shape index (κ2) is 7.64. The summed E-state index contributed by atoms with van der Waals surface area (Å²) in [4.78, 5) is 21.8. The van der Waals surface area contributed by atoms with Crippen LogP contribution in [0.1, 0.15) is 12.0 Å². The number of likely N-dealkylation sites (tertiary alicyclic amines) is 1. The van der Waals surface area contributed by atoms with Gasteiger partial charge in [0, 0.05) is 41.9 Å². The first-order chi connectivity index (χ1) is 13.1. The van der Waals surface area contributed by atoms with E-state index in [1.54, 1.807) is 6.07 Å². The molecule has 27 heavy (non-hydrogen) atoms. The Morgan fingerprint density at radius 1 is 1.19 bits per heavy atom. The number of nitrogens with one attached hydrogen (secondary N) is 1. The van der Waals surface area contributed by atoms with Crippen LogP contribution in [-0.2, 0) is 6.54 Å². The molecule has 0 spiro atoms. The average molecular weight is 382 g/mol. The number of aromatic amines is 1. The van der Waals surface area contributed by atoms with Gasteiger partial charge >= 0.3 is 0 Å². The maximum atomic E-state index is 12.1. The summed E-state index contributed by atoms with van der Waals surface area (Å²) in [5.41, 5.74) is 3.07. The van der Waals surface area contributed by atoms with E-state index >= 15 is 0 Å². The topological polar surface area (TPSA) is 69.2 Å². The van der Waals surface area contributed by atoms with Crippen molar-refractivity contribution in [3.63, 3.8) is 0 Å². The van der Waals surface area contributed by atoms with Crippen LogP contribution < -0.4 is 5.56 Å². The Morgan fingerprint density at radius 3 is 2.67 bits per heavy atom. The van der Waals surface area contributed by atoms with Gasteiger partial charge in [-0.3, -0.25) is 9.69 Å². The smallest absolute Gasteiger partial charge is 0.251 e. The van der Waals surface area contributed by atoms with Crippen molar-refractivity contribution in [3.05, 3.63) is 75.5 Å². The molecule has 1 aromatic heterocycles. The number of H-pyrrole nitrogens is 1. The number of aliphatic hydroxyl groups is 1. The summed E-state index contributed by atoms with van der Waals surface area (Å²) in [7, 11) is 0. The van der Waals surface area contributed by atoms with Gasteiger partial charge in [0.1, 0.15) is 5.82 Å². The monoisotopic (exact) mass is 381 g/mol. The average Bonchev–Trinajstić information content (AvgIpc) is 3.07. The molecule has 1 saturated heterocycles. The number of β-amino-alcohol motifs (C(OH)–C–C–N with tert-alkyl or cyclic N) is 1. The van der Waals surface area contributed by atoms with E-state index in [-0.39, 0.29) is 11.7 Å². The third-order valence-electron chi connectivity index (χ3n) is 4.77. The van der Waals surface area contributed by atoms with Crippen molar-refractivity contribution in [2.45, 2.75) is 19.1 Å². The molecule has 2 aromatic carbocycles. The molecule has 1 fully saturated rings. The zero-order valence-electron chi connectivity index (χ0n) is 14.7. The lowest BCUT2D eigenvalue weighted by molar-refractivity contribution is 0.175. The molecule has 1 aliphatic heterocycles. The molecule has 2 N–H and O–H groups in total. The Bertz CT molecular complexity index is 1000. The summed E-state index contributed by atoms with van der Waals surface area (Å²) in [5, 5.41) is 10.2. The molecular formula is C21H20ClN3O2. The Labute approximate surface area is 162 Å². The first-order valence-corrected chi connectivity index (χ1v) is 9.32. The second-order valence-corrected chi connectivity index (χ2v) is 7.24. The van der Waals surface area contributed by atoms with Gasteiger partial charge in [0.05, 0.1) is 11.8 Å². The molecule has 6 heteroatoms. The Kier molecular flexibility index (Phi) is 5.07. The fourth-order valence-electron chi connectivity index (χ4n) is 3.38. The molecule has 0 bridgehead atoms. The number of benzene rings is 2. The quantitative estimate of drug-likeness (QED) is 0.727. The summed E-state index contributed by atoms with van der Waals surface area (Å²) < 4.78 is 0. The Hall–Kier alpha value is -2.47. The number of halogens is 1. The van der Waals surface area contributed by atoms with Crippen LogP contribution in [0.3, 0.4) is 0 Å². The van der Waals surface area contributed by atoms with Crippen LogP contribution >= 0.6 is 11.6 Å². The molecule has 0 unspecified atom stereocenters. The van der Waals surface area contributed by atoms with Crippen molar-refractivity contribution in [1.29, 1.82) is 0 Å². The summed E-state index contributed by atoms with van der Waals surface area (Å²) >= 11 is 6.25. The van der Waals surface area contributed by atoms with Crippen molar-refractivity contribution in [1.82, 2.24) is 14.9 Å². The van der Waals surface area contributed by atoms with E-state index in [0.29, 0.717) is 16.5 Å². The predicted octanol–water partition coefficient (Wildman–Crippen LogP) is 3.32. The molecule has 1 aliphatic rings. The van der Waals surface area contributed by atoms with Crippen LogP contribution in [0.15, 0.2) is 59.4 Å². The molecule has 5 nitrogen and oxygen atoms in total. The van der Waals surface area contributed by atoms with Crippen molar-refractivity contribution in [2.75, 3.05) is 13.1 Å². The van der Waals surface area contributed by atoms with Crippen LogP contribution in [0, 0.1) is 0 Å². The molecule has 0 amide bonds. The third-order valence-corrected chi connectivity index (χ3v) is 5.10. The molecule has 0 aliphatic carbocycles. The lowest BCUT2D eigenvalue weighted by atomic mass is 10.1. The fourth-order valence-corrected chi connectivity index (χ4v) is 3.62. The van der Waals surface area contributed by atoms with Crippen LogP contribution in [0.5, 0.6) is 0 Å². The van der Waals surface area contributed by atoms with Gasteiger partial charge in [-0.2, -0.15) is 0 Å². The van der Waals surface area contributed by atoms with E-state index < -0.39 is 0 Å². The highest BCUT2D eigenvalue weighted by molar-refractivity contribution is 6.33. The number of nitrogens with zero attached hydrogens (tertiary/aromatic N) is 2. The van der Waals surface area contributed by atoms with Gasteiger partial charge in [-0.1, -0.05) is 54.1 Å². The lowest BCUT2D eigenvalue weighted by Gasteiger charge is -2.15. The maximum Gasteiger partial charge on any atom is 0.251 e. The Balaban J connectivity index is 1.60. The number of hydrogen-bond acceptors (Lipinski definition) is 4. The highest BCUT2D eigenvalue weighted by atomic mass is 35.5. The minimum atomic E-state index is -0.218. The van der Waals surface area contributed by atoms with Crippen LogP contribution in [0.4, 0.5) is 0 Å². The molecule has 3 aromatic rings. The summed E-state index contributed by atoms with van der Waals surface area (Å²) in [6.45, 7) is 2.44. The van der Waals surface area contributed by atoms with Crippen molar-refractivity contribution >= 4 is 11.6 Å². The van der Waals surface area contributed by atoms with E-state index in [4.69, 9.17) is 11.6 Å². The van der Waals surface area contributed by atoms with E-state index in [0.717, 1.165) is 42.7 Å². The zero-order valence-corrected chi connectivity index (χ0v) is 15.5. The highest BCUT2D eigenvalue weighted by Gasteiger charge is 2.19. The number of rotatable bonds is 4. The first kappa shape index (κ1) is 17.9. The fraction of sp³-hybridized carbons (Fsp3) is 0.238. The Morgan fingerprint density at radius 2 is 1.96 bits per heavy atom. The van der Waals surface area contributed by atoms with Crippen molar-refractivity contribution < 1.29 is 5.11 Å². The molecule has 0 radical (unpaired) electrons. The SMILES string of the molecule is O=c1cc(-c2ccccc2Cl)nc(-c2ccc(CN3CC[C@H](O)C3)cc2)[nH]1. The van der Waals surface area contributed by atoms with Crippen molar-refractivity contribution in [3.8, 4) is 22.6 Å². The number of hydrogen-bond donors (Lipinski definition) is 2. The molecular weight excluding hydrogens is 362 g/mol. The van der Waals surface area contributed by atoms with E-state index in [1.165, 1.54) is 6.07 Å². The van der Waals surface area contributed by atoms with E-state index in [9.17, 15) is 9.90 Å². The summed E-state index contributed by atoms with van der Waals surface area (Å²) in [6.07, 6.45) is 0.615. The molecule has 138 valence electrons. The van der Waals surface area contributed by atoms with Gasteiger partial charge in [-0.05, 0) is 18.1 Å². The molecule has 0 saturated carbocycles. The van der Waals surface area contributed by atoms with Crippen LogP contribution in [-0.4, -0.2) is 39.2 Å². The summed E-state index contributed by atoms with van der Waals surface area (Å²) in [6, 6.07) is 16.8. The van der Waals surface area contributed by atoms with Gasteiger partial charge in [0.15, 0.2) is 0 Å². The number of aliphatic hydroxyl groups excluding tert-OH is 1. The lowest BCUT2D eigenvalue weighted by Crippen LogP contribution is -2.21. The third kappa shape index (κ3) is 4.11. The molecule has 4 rings (SSSR count). The maximum absolute atomic E-state index is 12.1. The minimum absolute atomic E-state index is 0.217. The van der Waals surface area contributed by atoms with Gasteiger partial charge in [0.25, 0.3) is 5.56 Å². The molecule has 2 heterocycles. The number of aromatic nitrogens is 2. The van der Waals surface area contributed by atoms with Gasteiger partial charge < -0.3 is 10.1 Å². The molecule has 1 atom stereocenters. The highest BCUT2D eigenvalue weighted by Crippen LogP contribution is 2.26. The van der Waals surface area contributed by atoms with Gasteiger partial charge in [-0.25, -0.2) is 4.98 Å². The standard InChI is InChI=1S/C21H20ClN3O2/c22-18-4-2-1-3-17(18)19-11-20(27)24-21(23-19)15-7-5-14(6-8-15)12-25-10-9-16(26)13-25/h1-8,11,16,26H,9-10,12-13H2,(H,23,24,27)/t16-/m0/s1. The van der Waals surface area contributed by atoms with E-state index in [1.807, 2.05) is 42.5 Å². The summed E-state index contributed by atoms with van der Waals surface area (Å²) in [5.74, 6) is 0.514. The second-order valence-electron chi connectivity index (χ2n) is 6.83. The minimum Gasteiger partial charge on any atom is -0.392 e. The predicted molar refractivity (Wildman–Crippen MR) is 107 cm³/mol. The first-order valence-electron chi connectivity index (χ1n) is 8.94. The largest absolute Gasteiger partial charge is 0.392 e.